The van der Waals surface area contributed by atoms with E-state index in [0.29, 0.717) is 17.5 Å². The zero-order valence-electron chi connectivity index (χ0n) is 17.6. The number of nitrogens with zero attached hydrogens (tertiary/aromatic N) is 1. The highest BCUT2D eigenvalue weighted by Crippen LogP contribution is 2.89. The Labute approximate surface area is 180 Å². The molecule has 6 heteroatoms. The summed E-state index contributed by atoms with van der Waals surface area (Å²) in [6.07, 6.45) is 2.63. The van der Waals surface area contributed by atoms with Gasteiger partial charge in [0, 0.05) is 24.2 Å². The van der Waals surface area contributed by atoms with Gasteiger partial charge < -0.3 is 14.3 Å². The molecule has 162 valence electrons. The molecule has 1 N–H and O–H groups in total. The number of esters is 1. The number of halogens is 2. The van der Waals surface area contributed by atoms with E-state index in [1.807, 2.05) is 0 Å². The fourth-order valence-electron chi connectivity index (χ4n) is 7.14. The molecule has 0 radical (unpaired) electrons. The van der Waals surface area contributed by atoms with E-state index in [1.54, 1.807) is 0 Å². The van der Waals surface area contributed by atoms with Gasteiger partial charge >= 0.3 is 5.97 Å². The Kier molecular flexibility index (Phi) is 3.71. The molecule has 2 bridgehead atoms. The largest absolute Gasteiger partial charge is 0.459 e. The molecule has 4 fully saturated rings. The summed E-state index contributed by atoms with van der Waals surface area (Å²) in [5.74, 6) is -0.106. The number of fused-ring (bicyclic) bond motifs is 4. The van der Waals surface area contributed by atoms with Crippen LogP contribution in [0.5, 0.6) is 0 Å². The quantitative estimate of drug-likeness (QED) is 0.602. The second kappa shape index (κ2) is 5.93. The third kappa shape index (κ3) is 2.43. The molecule has 5 unspecified atom stereocenters. The highest BCUT2D eigenvalue weighted by molar-refractivity contribution is 5.85. The van der Waals surface area contributed by atoms with Crippen LogP contribution in [0.25, 0.3) is 0 Å². The third-order valence-corrected chi connectivity index (χ3v) is 8.83. The average Bonchev–Trinajstić information content (AvgIpc) is 3.59. The normalized spacial score (nSPS) is 36.4. The highest BCUT2D eigenvalue weighted by atomic mass is 19.1. The molecule has 2 saturated heterocycles. The first-order chi connectivity index (χ1) is 14.7. The number of piperidine rings is 2. The lowest BCUT2D eigenvalue weighted by molar-refractivity contribution is -0.937. The van der Waals surface area contributed by atoms with Gasteiger partial charge in [-0.2, -0.15) is 0 Å². The van der Waals surface area contributed by atoms with Crippen molar-refractivity contribution in [3.8, 4) is 0 Å². The Hall–Kier alpha value is -2.31. The van der Waals surface area contributed by atoms with Gasteiger partial charge in [0.05, 0.1) is 26.2 Å². The molecular weight excluding hydrogens is 400 g/mol. The lowest BCUT2D eigenvalue weighted by Gasteiger charge is -2.46. The number of carbonyl (C=O) groups excluding carboxylic acids is 1. The monoisotopic (exact) mass is 426 g/mol. The number of quaternary nitrogens is 1. The van der Waals surface area contributed by atoms with Crippen LogP contribution in [0.4, 0.5) is 8.78 Å². The molecule has 31 heavy (non-hydrogen) atoms. The number of carbonyl (C=O) groups is 1. The van der Waals surface area contributed by atoms with Gasteiger partial charge in [0.25, 0.3) is 0 Å². The number of aliphatic hydroxyl groups is 1. The van der Waals surface area contributed by atoms with E-state index in [9.17, 15) is 18.7 Å². The van der Waals surface area contributed by atoms with Crippen molar-refractivity contribution in [2.24, 2.45) is 17.3 Å². The Bertz CT molecular complexity index is 1020. The summed E-state index contributed by atoms with van der Waals surface area (Å²) >= 11 is 0. The molecule has 2 aliphatic heterocycles. The Morgan fingerprint density at radius 1 is 1.03 bits per heavy atom. The van der Waals surface area contributed by atoms with E-state index in [2.05, 4.69) is 14.1 Å². The summed E-state index contributed by atoms with van der Waals surface area (Å²) in [7, 11) is 4.58. The van der Waals surface area contributed by atoms with Crippen LogP contribution in [-0.4, -0.2) is 47.8 Å². The van der Waals surface area contributed by atoms with Crippen LogP contribution in [0.1, 0.15) is 30.4 Å². The molecule has 1 spiro atoms. The fourth-order valence-corrected chi connectivity index (χ4v) is 7.14. The molecule has 2 aromatic rings. The minimum atomic E-state index is -2.13. The summed E-state index contributed by atoms with van der Waals surface area (Å²) in [5.41, 5.74) is -1.27. The first kappa shape index (κ1) is 19.4. The van der Waals surface area contributed by atoms with Crippen LogP contribution >= 0.6 is 0 Å². The van der Waals surface area contributed by atoms with Gasteiger partial charge in [-0.1, -0.05) is 24.3 Å². The number of benzene rings is 2. The van der Waals surface area contributed by atoms with Crippen LogP contribution in [0.2, 0.25) is 0 Å². The molecule has 4 aliphatic rings. The predicted octanol–water partition coefficient (Wildman–Crippen LogP) is 3.37. The van der Waals surface area contributed by atoms with Crippen molar-refractivity contribution < 1.29 is 27.9 Å². The number of hydrogen-bond acceptors (Lipinski definition) is 3. The minimum Gasteiger partial charge on any atom is -0.459 e. The van der Waals surface area contributed by atoms with Crippen LogP contribution < -0.4 is 0 Å². The van der Waals surface area contributed by atoms with E-state index < -0.39 is 23.2 Å². The SMILES string of the molecule is C[N+]1(C)C2C[C@H](OC(=O)C(O)(c3ccc(F)cc3)c3ccc(F)cc3)CC1C13CC1C23. The van der Waals surface area contributed by atoms with Crippen molar-refractivity contribution >= 4 is 5.97 Å². The topological polar surface area (TPSA) is 46.5 Å². The molecule has 6 atom stereocenters. The maximum atomic E-state index is 13.5. The Balaban J connectivity index is 1.30. The van der Waals surface area contributed by atoms with Gasteiger partial charge in [0.1, 0.15) is 17.7 Å². The van der Waals surface area contributed by atoms with E-state index in [0.717, 1.165) is 29.2 Å². The summed E-state index contributed by atoms with van der Waals surface area (Å²) in [6, 6.07) is 11.2. The van der Waals surface area contributed by atoms with Gasteiger partial charge in [-0.05, 0) is 47.7 Å². The fraction of sp³-hybridized carbons (Fsp3) is 0.480. The summed E-state index contributed by atoms with van der Waals surface area (Å²) < 4.78 is 33.9. The molecular formula is C25H26F2NO3+. The minimum absolute atomic E-state index is 0.198. The lowest BCUT2D eigenvalue weighted by atomic mass is 9.86. The number of ether oxygens (including phenoxy) is 1. The van der Waals surface area contributed by atoms with Gasteiger partial charge in [-0.15, -0.1) is 0 Å². The zero-order chi connectivity index (χ0) is 21.8. The van der Waals surface area contributed by atoms with E-state index in [-0.39, 0.29) is 17.2 Å². The summed E-state index contributed by atoms with van der Waals surface area (Å²) in [6.45, 7) is 0. The first-order valence-electron chi connectivity index (χ1n) is 11.0. The average molecular weight is 426 g/mol. The van der Waals surface area contributed by atoms with Crippen LogP contribution in [0.3, 0.4) is 0 Å². The van der Waals surface area contributed by atoms with Gasteiger partial charge in [-0.3, -0.25) is 0 Å². The van der Waals surface area contributed by atoms with Crippen molar-refractivity contribution in [2.75, 3.05) is 14.1 Å². The summed E-state index contributed by atoms with van der Waals surface area (Å²) in [5, 5.41) is 11.6. The summed E-state index contributed by atoms with van der Waals surface area (Å²) in [4.78, 5) is 13.4. The molecule has 6 rings (SSSR count). The smallest absolute Gasteiger partial charge is 0.347 e. The van der Waals surface area contributed by atoms with Crippen molar-refractivity contribution in [1.29, 1.82) is 0 Å². The molecule has 0 amide bonds. The van der Waals surface area contributed by atoms with Crippen molar-refractivity contribution in [2.45, 2.75) is 43.1 Å². The number of hydrogen-bond donors (Lipinski definition) is 1. The maximum absolute atomic E-state index is 13.5. The van der Waals surface area contributed by atoms with Crippen LogP contribution in [0.15, 0.2) is 48.5 Å². The zero-order valence-corrected chi connectivity index (χ0v) is 17.6. The second-order valence-electron chi connectivity index (χ2n) is 10.4. The second-order valence-corrected chi connectivity index (χ2v) is 10.4. The predicted molar refractivity (Wildman–Crippen MR) is 109 cm³/mol. The Morgan fingerprint density at radius 3 is 2.06 bits per heavy atom. The highest BCUT2D eigenvalue weighted by Gasteiger charge is 2.93. The van der Waals surface area contributed by atoms with Crippen molar-refractivity contribution in [1.82, 2.24) is 0 Å². The maximum Gasteiger partial charge on any atom is 0.347 e. The van der Waals surface area contributed by atoms with Crippen molar-refractivity contribution in [3.05, 3.63) is 71.3 Å². The van der Waals surface area contributed by atoms with E-state index in [1.165, 1.54) is 55.0 Å². The third-order valence-electron chi connectivity index (χ3n) is 8.83. The first-order valence-corrected chi connectivity index (χ1v) is 11.0. The molecule has 0 aromatic heterocycles. The Morgan fingerprint density at radius 2 is 1.58 bits per heavy atom. The van der Waals surface area contributed by atoms with Crippen LogP contribution in [0, 0.1) is 28.9 Å². The lowest BCUT2D eigenvalue weighted by Crippen LogP contribution is -2.59. The van der Waals surface area contributed by atoms with Gasteiger partial charge in [0.2, 0.25) is 5.60 Å². The van der Waals surface area contributed by atoms with Crippen molar-refractivity contribution in [3.63, 3.8) is 0 Å². The number of rotatable bonds is 4. The van der Waals surface area contributed by atoms with Crippen LogP contribution in [-0.2, 0) is 15.1 Å². The van der Waals surface area contributed by atoms with Gasteiger partial charge in [0.15, 0.2) is 0 Å². The molecule has 2 saturated carbocycles. The van der Waals surface area contributed by atoms with Gasteiger partial charge in [-0.25, -0.2) is 13.6 Å². The molecule has 4 nitrogen and oxygen atoms in total. The molecule has 2 aliphatic carbocycles. The molecule has 2 heterocycles. The van der Waals surface area contributed by atoms with E-state index >= 15 is 0 Å². The van der Waals surface area contributed by atoms with E-state index in [4.69, 9.17) is 4.74 Å². The standard InChI is InChI=1S/C25H26F2NO3/c1-28(2)20-11-18(12-21(28)24-13-19(24)22(20)24)31-23(29)25(30,14-3-7-16(26)8-4-14)15-5-9-17(27)10-6-15/h3-10,18-22,30H,11-13H2,1-2H3/q+1/t18-,19?,20?,21?,22?,24?/m0/s1. The molecule has 2 aromatic carbocycles.